The number of hydrogen-bond donors (Lipinski definition) is 4. The number of halogens is 1. The van der Waals surface area contributed by atoms with Crippen LogP contribution in [0.4, 0.5) is 27.5 Å². The van der Waals surface area contributed by atoms with Gasteiger partial charge in [0.25, 0.3) is 15.7 Å². The van der Waals surface area contributed by atoms with Gasteiger partial charge in [0.1, 0.15) is 0 Å². The molecule has 2 unspecified atom stereocenters. The number of fused-ring (bicyclic) bond motifs is 1. The van der Waals surface area contributed by atoms with Gasteiger partial charge in [-0.3, -0.25) is 20.3 Å². The van der Waals surface area contributed by atoms with Crippen molar-refractivity contribution < 1.29 is 22.3 Å². The number of non-ortho nitro benzene ring substituents is 1. The van der Waals surface area contributed by atoms with Gasteiger partial charge in [0.05, 0.1) is 47.6 Å². The number of nitrogens with one attached hydrogen (secondary N) is 4. The number of nitro benzene ring substituents is 1. The van der Waals surface area contributed by atoms with Crippen molar-refractivity contribution in [1.29, 1.82) is 0 Å². The van der Waals surface area contributed by atoms with Gasteiger partial charge in [0.2, 0.25) is 0 Å². The predicted molar refractivity (Wildman–Crippen MR) is 196 cm³/mol. The molecule has 0 fully saturated rings. The number of nitrogens with zero attached hydrogens (tertiary/aromatic N) is 3. The van der Waals surface area contributed by atoms with Crippen LogP contribution in [0.15, 0.2) is 132 Å². The van der Waals surface area contributed by atoms with Crippen molar-refractivity contribution in [2.24, 2.45) is 0 Å². The highest BCUT2D eigenvalue weighted by molar-refractivity contribution is 8.01. The third-order valence-corrected chi connectivity index (χ3v) is 11.0. The molecule has 0 saturated heterocycles. The van der Waals surface area contributed by atoms with Crippen LogP contribution in [0, 0.1) is 10.1 Å². The molecule has 2 atom stereocenters. The van der Waals surface area contributed by atoms with E-state index in [1.807, 2.05) is 30.3 Å². The van der Waals surface area contributed by atoms with Gasteiger partial charge in [0, 0.05) is 22.5 Å². The third-order valence-electron chi connectivity index (χ3n) is 7.52. The largest absolute Gasteiger partial charge is 0.361 e. The molecule has 13 nitrogen and oxygen atoms in total. The van der Waals surface area contributed by atoms with Crippen LogP contribution in [-0.4, -0.2) is 39.2 Å². The molecular formula is C34H28ClN7O6S2. The summed E-state index contributed by atoms with van der Waals surface area (Å²) in [5, 5.41) is 15.3. The number of anilines is 3. The molecule has 0 spiro atoms. The summed E-state index contributed by atoms with van der Waals surface area (Å²) >= 11 is 6.10. The van der Waals surface area contributed by atoms with Gasteiger partial charge in [0.15, 0.2) is 0 Å². The number of carbonyl (C=O) groups excluding carboxylic acids is 1. The lowest BCUT2D eigenvalue weighted by atomic mass is 10.0. The first-order valence-corrected chi connectivity index (χ1v) is 18.4. The second-order valence-electron chi connectivity index (χ2n) is 11.0. The topological polar surface area (TPSA) is 177 Å². The Morgan fingerprint density at radius 2 is 1.46 bits per heavy atom. The highest BCUT2D eigenvalue weighted by Crippen LogP contribution is 2.33. The highest BCUT2D eigenvalue weighted by Gasteiger charge is 2.25. The van der Waals surface area contributed by atoms with Crippen molar-refractivity contribution in [3.63, 3.8) is 0 Å². The Labute approximate surface area is 292 Å². The molecule has 1 amide bonds. The molecule has 1 heterocycles. The molecule has 1 aromatic heterocycles. The standard InChI is InChI=1S/C34H28ClN7O6S2/c1-49(46,33(23-7-3-2-4-8-23)24-13-15-25(35)16-14-24)39-28-9-5-10-29(21-28)50(47,48)40-27-19-17-26(18-20-27)37-38-34(43)41-31-11-6-12-32(42(44)45)30(31)22-36-41/h2-22,33,37,40H,1H2,(H,38,43)(H,39,46). The molecule has 16 heteroatoms. The van der Waals surface area contributed by atoms with Crippen LogP contribution in [0.2, 0.25) is 5.02 Å². The Kier molecular flexibility index (Phi) is 9.46. The average Bonchev–Trinajstić information content (AvgIpc) is 3.53. The van der Waals surface area contributed by atoms with Gasteiger partial charge in [-0.15, -0.1) is 0 Å². The predicted octanol–water partition coefficient (Wildman–Crippen LogP) is 6.82. The minimum atomic E-state index is -4.09. The zero-order valence-corrected chi connectivity index (χ0v) is 28.3. The maximum absolute atomic E-state index is 14.2. The molecule has 0 radical (unpaired) electrons. The number of aromatic nitrogens is 2. The lowest BCUT2D eigenvalue weighted by Crippen LogP contribution is -2.33. The maximum atomic E-state index is 14.2. The lowest BCUT2D eigenvalue weighted by Gasteiger charge is -2.24. The van der Waals surface area contributed by atoms with E-state index in [-0.39, 0.29) is 32.9 Å². The molecule has 0 aliphatic rings. The van der Waals surface area contributed by atoms with E-state index >= 15 is 0 Å². The second kappa shape index (κ2) is 13.9. The van der Waals surface area contributed by atoms with Crippen molar-refractivity contribution in [2.45, 2.75) is 10.1 Å². The summed E-state index contributed by atoms with van der Waals surface area (Å²) in [6, 6.07) is 31.8. The lowest BCUT2D eigenvalue weighted by molar-refractivity contribution is -0.383. The van der Waals surface area contributed by atoms with Crippen molar-refractivity contribution in [3.05, 3.63) is 154 Å². The maximum Gasteiger partial charge on any atom is 0.361 e. The monoisotopic (exact) mass is 729 g/mol. The zero-order chi connectivity index (χ0) is 35.5. The number of amides is 1. The number of hydrazine groups is 1. The number of sulfonamides is 1. The summed E-state index contributed by atoms with van der Waals surface area (Å²) in [5.74, 6) is 4.03. The summed E-state index contributed by atoms with van der Waals surface area (Å²) in [6.45, 7) is 0. The van der Waals surface area contributed by atoms with Crippen molar-refractivity contribution in [2.75, 3.05) is 14.9 Å². The van der Waals surface area contributed by atoms with Gasteiger partial charge < -0.3 is 4.72 Å². The molecule has 0 saturated carbocycles. The summed E-state index contributed by atoms with van der Waals surface area (Å²) in [7, 11) is -7.23. The fraction of sp³-hybridized carbons (Fsp3) is 0.0294. The Bertz CT molecular complexity index is 2420. The average molecular weight is 730 g/mol. The molecule has 4 N–H and O–H groups in total. The zero-order valence-electron chi connectivity index (χ0n) is 25.9. The van der Waals surface area contributed by atoms with Gasteiger partial charge in [-0.25, -0.2) is 22.8 Å². The molecule has 0 aliphatic heterocycles. The van der Waals surface area contributed by atoms with Crippen LogP contribution in [-0.2, 0) is 19.7 Å². The molecule has 254 valence electrons. The van der Waals surface area contributed by atoms with Crippen LogP contribution in [0.25, 0.3) is 10.9 Å². The molecule has 0 aliphatic carbocycles. The first-order valence-electron chi connectivity index (χ1n) is 14.8. The first-order chi connectivity index (χ1) is 23.9. The van der Waals surface area contributed by atoms with Crippen molar-refractivity contribution in [3.8, 4) is 0 Å². The summed E-state index contributed by atoms with van der Waals surface area (Å²) < 4.78 is 47.4. The number of benzene rings is 5. The summed E-state index contributed by atoms with van der Waals surface area (Å²) in [4.78, 5) is 23.4. The molecule has 6 rings (SSSR count). The van der Waals surface area contributed by atoms with E-state index < -0.39 is 35.9 Å². The van der Waals surface area contributed by atoms with Crippen molar-refractivity contribution in [1.82, 2.24) is 15.2 Å². The van der Waals surface area contributed by atoms with Crippen molar-refractivity contribution >= 4 is 76.9 Å². The van der Waals surface area contributed by atoms with Crippen LogP contribution in [0.3, 0.4) is 0 Å². The van der Waals surface area contributed by atoms with Gasteiger partial charge in [-0.05, 0) is 77.7 Å². The fourth-order valence-electron chi connectivity index (χ4n) is 5.25. The van der Waals surface area contributed by atoms with E-state index in [4.69, 9.17) is 11.6 Å². The third kappa shape index (κ3) is 7.39. The van der Waals surface area contributed by atoms with Crippen LogP contribution >= 0.6 is 11.6 Å². The van der Waals surface area contributed by atoms with Gasteiger partial charge >= 0.3 is 6.03 Å². The van der Waals surface area contributed by atoms with E-state index in [1.54, 1.807) is 30.3 Å². The molecule has 50 heavy (non-hydrogen) atoms. The molecular weight excluding hydrogens is 702 g/mol. The van der Waals surface area contributed by atoms with Crippen LogP contribution in [0.1, 0.15) is 16.4 Å². The number of nitro groups is 1. The Balaban J connectivity index is 1.13. The van der Waals surface area contributed by atoms with Crippen LogP contribution < -0.4 is 20.3 Å². The molecule has 6 aromatic rings. The van der Waals surface area contributed by atoms with Gasteiger partial charge in [-0.1, -0.05) is 66.2 Å². The minimum Gasteiger partial charge on any atom is -0.312 e. The number of rotatable bonds is 11. The number of carbonyl (C=O) groups is 1. The first kappa shape index (κ1) is 34.0. The van der Waals surface area contributed by atoms with E-state index in [2.05, 4.69) is 31.3 Å². The van der Waals surface area contributed by atoms with E-state index in [0.29, 0.717) is 10.7 Å². The summed E-state index contributed by atoms with van der Waals surface area (Å²) in [6.07, 6.45) is 1.24. The minimum absolute atomic E-state index is 0.0818. The summed E-state index contributed by atoms with van der Waals surface area (Å²) in [5.41, 5.74) is 7.64. The van der Waals surface area contributed by atoms with E-state index in [9.17, 15) is 27.5 Å². The molecule has 5 aromatic carbocycles. The normalized spacial score (nSPS) is 13.1. The SMILES string of the molecule is C=S(=O)(Nc1cccc(S(=O)(=O)Nc2ccc(NNC(=O)n3ncc4c([N+](=O)[O-])cccc43)cc2)c1)C(c1ccccc1)c1ccc(Cl)cc1. The molecule has 0 bridgehead atoms. The Morgan fingerprint density at radius 1 is 0.800 bits per heavy atom. The smallest absolute Gasteiger partial charge is 0.312 e. The quantitative estimate of drug-likeness (QED) is 0.0638. The van der Waals surface area contributed by atoms with Crippen LogP contribution in [0.5, 0.6) is 0 Å². The number of hydrogen-bond acceptors (Lipinski definition) is 8. The Hall–Kier alpha value is -5.90. The van der Waals surface area contributed by atoms with E-state index in [1.165, 1.54) is 66.9 Å². The highest BCUT2D eigenvalue weighted by atomic mass is 35.5. The Morgan fingerprint density at radius 3 is 2.16 bits per heavy atom. The second-order valence-corrected chi connectivity index (χ2v) is 15.2. The van der Waals surface area contributed by atoms with E-state index in [0.717, 1.165) is 15.8 Å². The fourth-order valence-corrected chi connectivity index (χ4v) is 8.32. The van der Waals surface area contributed by atoms with Gasteiger partial charge in [-0.2, -0.15) is 9.78 Å².